The van der Waals surface area contributed by atoms with Crippen molar-refractivity contribution >= 4 is 24.1 Å². The molecule has 0 radical (unpaired) electrons. The zero-order valence-electron chi connectivity index (χ0n) is 11.8. The maximum Gasteiger partial charge on any atom is 0.262 e. The number of nitro groups is 1. The molecule has 1 aliphatic rings. The molecule has 0 aliphatic carbocycles. The molecule has 0 spiro atoms. The number of nitro benzene ring substituents is 1. The maximum atomic E-state index is 11.4. The third kappa shape index (κ3) is 3.12. The van der Waals surface area contributed by atoms with E-state index < -0.39 is 16.4 Å². The quantitative estimate of drug-likeness (QED) is 0.393. The van der Waals surface area contributed by atoms with Gasteiger partial charge in [-0.05, 0) is 30.8 Å². The molecule has 1 atom stereocenters. The van der Waals surface area contributed by atoms with Gasteiger partial charge in [-0.3, -0.25) is 15.2 Å². The van der Waals surface area contributed by atoms with E-state index in [2.05, 4.69) is 15.3 Å². The normalized spacial score (nSPS) is 17.8. The van der Waals surface area contributed by atoms with Gasteiger partial charge in [-0.1, -0.05) is 12.1 Å². The van der Waals surface area contributed by atoms with Gasteiger partial charge in [0.25, 0.3) is 5.69 Å². The molecule has 1 aliphatic heterocycles. The fourth-order valence-electron chi connectivity index (χ4n) is 2.29. The number of aromatic nitrogens is 3. The van der Waals surface area contributed by atoms with Crippen molar-refractivity contribution < 1.29 is 14.8 Å². The highest BCUT2D eigenvalue weighted by Crippen LogP contribution is 2.27. The topological polar surface area (TPSA) is 121 Å². The molecule has 0 bridgehead atoms. The summed E-state index contributed by atoms with van der Waals surface area (Å²) in [6.45, 7) is 0.658. The molecule has 1 fully saturated rings. The average molecular weight is 334 g/mol. The van der Waals surface area contributed by atoms with Gasteiger partial charge in [-0.15, -0.1) is 0 Å². The summed E-state index contributed by atoms with van der Waals surface area (Å²) >= 11 is 5.13. The Labute approximate surface area is 135 Å². The molecular formula is C13H12N5O4S-. The van der Waals surface area contributed by atoms with Crippen LogP contribution in [0.2, 0.25) is 0 Å². The lowest BCUT2D eigenvalue weighted by Gasteiger charge is -2.08. The van der Waals surface area contributed by atoms with Gasteiger partial charge in [0.2, 0.25) is 4.77 Å². The number of H-pyrrole nitrogens is 1. The molecule has 1 aromatic heterocycles. The van der Waals surface area contributed by atoms with Crippen molar-refractivity contribution in [3.05, 3.63) is 44.5 Å². The van der Waals surface area contributed by atoms with E-state index >= 15 is 0 Å². The summed E-state index contributed by atoms with van der Waals surface area (Å²) in [7, 11) is 0. The van der Waals surface area contributed by atoms with Crippen LogP contribution < -0.4 is 5.11 Å². The molecule has 2 aromatic rings. The van der Waals surface area contributed by atoms with Gasteiger partial charge in [0.15, 0.2) is 5.82 Å². The molecular weight excluding hydrogens is 322 g/mol. The van der Waals surface area contributed by atoms with E-state index in [0.29, 0.717) is 22.8 Å². The minimum atomic E-state index is -0.721. The molecule has 9 nitrogen and oxygen atoms in total. The van der Waals surface area contributed by atoms with Crippen molar-refractivity contribution in [3.63, 3.8) is 0 Å². The van der Waals surface area contributed by atoms with E-state index in [1.165, 1.54) is 23.0 Å². The molecule has 0 amide bonds. The first kappa shape index (κ1) is 15.3. The Morgan fingerprint density at radius 1 is 1.57 bits per heavy atom. The predicted molar refractivity (Wildman–Crippen MR) is 80.9 cm³/mol. The maximum absolute atomic E-state index is 11.4. The molecule has 1 aromatic carbocycles. The fourth-order valence-corrected chi connectivity index (χ4v) is 2.47. The standard InChI is InChI=1S/C13H13N5O4S/c19-10-4-3-8(6-9(10)18(20)21)7-14-17-12(15-16-13(17)23)11-2-1-5-22-11/h3-4,6-7,11,19H,1-2,5H2,(H,16,23)/p-1/b14-7-/t11-/m1/s1. The van der Waals surface area contributed by atoms with Crippen LogP contribution in [-0.2, 0) is 4.74 Å². The zero-order valence-corrected chi connectivity index (χ0v) is 12.7. The molecule has 120 valence electrons. The Morgan fingerprint density at radius 2 is 2.39 bits per heavy atom. The number of hydrogen-bond acceptors (Lipinski definition) is 7. The highest BCUT2D eigenvalue weighted by Gasteiger charge is 2.23. The first-order chi connectivity index (χ1) is 11.1. The number of hydrogen-bond donors (Lipinski definition) is 1. The third-order valence-electron chi connectivity index (χ3n) is 3.40. The van der Waals surface area contributed by atoms with Gasteiger partial charge in [-0.25, -0.2) is 0 Å². The Morgan fingerprint density at radius 3 is 3.09 bits per heavy atom. The summed E-state index contributed by atoms with van der Waals surface area (Å²) in [6, 6.07) is 3.75. The summed E-state index contributed by atoms with van der Waals surface area (Å²) in [4.78, 5) is 10.1. The van der Waals surface area contributed by atoms with Gasteiger partial charge in [-0.2, -0.15) is 14.9 Å². The SMILES string of the molecule is O=[N+]([O-])c1cc(/C=N\n2c([C@H]3CCCO3)n[nH]c2=S)ccc1[O-]. The molecule has 1 saturated heterocycles. The lowest BCUT2D eigenvalue weighted by atomic mass is 10.2. The van der Waals surface area contributed by atoms with Crippen LogP contribution in [0.4, 0.5) is 5.69 Å². The molecule has 23 heavy (non-hydrogen) atoms. The molecule has 2 heterocycles. The van der Waals surface area contributed by atoms with E-state index in [1.54, 1.807) is 0 Å². The Bertz CT molecular complexity index is 822. The van der Waals surface area contributed by atoms with E-state index in [9.17, 15) is 15.2 Å². The first-order valence-electron chi connectivity index (χ1n) is 6.85. The van der Waals surface area contributed by atoms with E-state index in [1.807, 2.05) is 0 Å². The monoisotopic (exact) mass is 334 g/mol. The van der Waals surface area contributed by atoms with E-state index in [0.717, 1.165) is 18.9 Å². The van der Waals surface area contributed by atoms with Crippen LogP contribution in [0, 0.1) is 14.9 Å². The van der Waals surface area contributed by atoms with Crippen molar-refractivity contribution in [2.24, 2.45) is 5.10 Å². The van der Waals surface area contributed by atoms with Crippen molar-refractivity contribution in [1.29, 1.82) is 0 Å². The second-order valence-corrected chi connectivity index (χ2v) is 5.32. The van der Waals surface area contributed by atoms with Crippen molar-refractivity contribution in [3.8, 4) is 5.75 Å². The second-order valence-electron chi connectivity index (χ2n) is 4.93. The number of benzene rings is 1. The summed E-state index contributed by atoms with van der Waals surface area (Å²) < 4.78 is 7.27. The Kier molecular flexibility index (Phi) is 4.17. The highest BCUT2D eigenvalue weighted by atomic mass is 32.1. The molecule has 0 unspecified atom stereocenters. The lowest BCUT2D eigenvalue weighted by molar-refractivity contribution is -0.398. The van der Waals surface area contributed by atoms with E-state index in [-0.39, 0.29) is 6.10 Å². The average Bonchev–Trinajstić information content (AvgIpc) is 3.16. The van der Waals surface area contributed by atoms with Crippen LogP contribution in [0.25, 0.3) is 0 Å². The fraction of sp³-hybridized carbons (Fsp3) is 0.308. The molecule has 0 saturated carbocycles. The summed E-state index contributed by atoms with van der Waals surface area (Å²) in [5.41, 5.74) is -0.0817. The smallest absolute Gasteiger partial charge is 0.262 e. The lowest BCUT2D eigenvalue weighted by Crippen LogP contribution is -2.05. The molecule has 1 N–H and O–H groups in total. The van der Waals surface area contributed by atoms with Crippen LogP contribution in [0.3, 0.4) is 0 Å². The minimum absolute atomic E-state index is 0.182. The minimum Gasteiger partial charge on any atom is -0.868 e. The van der Waals surface area contributed by atoms with Crippen LogP contribution in [0.1, 0.15) is 30.3 Å². The van der Waals surface area contributed by atoms with Crippen LogP contribution in [-0.4, -0.2) is 32.6 Å². The number of aromatic amines is 1. The summed E-state index contributed by atoms with van der Waals surface area (Å²) in [6.07, 6.45) is 2.96. The third-order valence-corrected chi connectivity index (χ3v) is 3.66. The second kappa shape index (κ2) is 6.26. The summed E-state index contributed by atoms with van der Waals surface area (Å²) in [5, 5.41) is 33.2. The number of nitrogens with zero attached hydrogens (tertiary/aromatic N) is 4. The molecule has 3 rings (SSSR count). The summed E-state index contributed by atoms with van der Waals surface area (Å²) in [5.74, 6) is -0.0918. The van der Waals surface area contributed by atoms with Crippen LogP contribution in [0.5, 0.6) is 5.75 Å². The van der Waals surface area contributed by atoms with Gasteiger partial charge >= 0.3 is 0 Å². The van der Waals surface area contributed by atoms with Crippen molar-refractivity contribution in [2.45, 2.75) is 18.9 Å². The van der Waals surface area contributed by atoms with Gasteiger partial charge in [0, 0.05) is 18.2 Å². The van der Waals surface area contributed by atoms with Gasteiger partial charge in [0.05, 0.1) is 11.1 Å². The largest absolute Gasteiger partial charge is 0.868 e. The number of nitrogens with one attached hydrogen (secondary N) is 1. The number of rotatable bonds is 4. The van der Waals surface area contributed by atoms with Crippen molar-refractivity contribution in [2.75, 3.05) is 6.61 Å². The number of ether oxygens (including phenoxy) is 1. The first-order valence-corrected chi connectivity index (χ1v) is 7.26. The van der Waals surface area contributed by atoms with E-state index in [4.69, 9.17) is 17.0 Å². The zero-order chi connectivity index (χ0) is 16.4. The predicted octanol–water partition coefficient (Wildman–Crippen LogP) is 1.66. The Balaban J connectivity index is 1.92. The Hall–Kier alpha value is -2.59. The molecule has 10 heteroatoms. The van der Waals surface area contributed by atoms with Gasteiger partial charge in [0.1, 0.15) is 6.10 Å². The van der Waals surface area contributed by atoms with Crippen LogP contribution >= 0.6 is 12.2 Å². The highest BCUT2D eigenvalue weighted by molar-refractivity contribution is 7.71. The van der Waals surface area contributed by atoms with Crippen LogP contribution in [0.15, 0.2) is 23.3 Å². The van der Waals surface area contributed by atoms with Crippen molar-refractivity contribution in [1.82, 2.24) is 14.9 Å². The van der Waals surface area contributed by atoms with Gasteiger partial charge < -0.3 is 9.84 Å².